The topological polar surface area (TPSA) is 52.6 Å². The number of thioether (sulfide) groups is 2. The van der Waals surface area contributed by atoms with Gasteiger partial charge in [-0.25, -0.2) is 0 Å². The molecule has 0 heterocycles. The quantitative estimate of drug-likeness (QED) is 0.120. The van der Waals surface area contributed by atoms with Crippen LogP contribution in [-0.2, 0) is 19.1 Å². The van der Waals surface area contributed by atoms with Gasteiger partial charge in [0.15, 0.2) is 0 Å². The number of carbonyl (C=O) groups excluding carboxylic acids is 2. The average Bonchev–Trinajstić information content (AvgIpc) is 2.74. The van der Waals surface area contributed by atoms with Crippen LogP contribution < -0.4 is 0 Å². The van der Waals surface area contributed by atoms with Gasteiger partial charge in [0.25, 0.3) is 0 Å². The first-order valence-electron chi connectivity index (χ1n) is 12.2. The van der Waals surface area contributed by atoms with Crippen molar-refractivity contribution in [3.63, 3.8) is 0 Å². The smallest absolute Gasteiger partial charge is 0.306 e. The van der Waals surface area contributed by atoms with Gasteiger partial charge in [-0.2, -0.15) is 23.5 Å². The summed E-state index contributed by atoms with van der Waals surface area (Å²) in [6, 6.07) is 0. The summed E-state index contributed by atoms with van der Waals surface area (Å²) < 4.78 is 10.3. The monoisotopic (exact) mass is 462 g/mol. The molecule has 0 aromatic heterocycles. The molecule has 0 amide bonds. The maximum Gasteiger partial charge on any atom is 0.306 e. The molecule has 4 nitrogen and oxygen atoms in total. The van der Waals surface area contributed by atoms with Crippen LogP contribution in [0.15, 0.2) is 0 Å². The van der Waals surface area contributed by atoms with E-state index in [9.17, 15) is 9.59 Å². The molecule has 0 spiro atoms. The second-order valence-corrected chi connectivity index (χ2v) is 10.2. The Bertz CT molecular complexity index is 355. The molecule has 0 rings (SSSR count). The van der Waals surface area contributed by atoms with Gasteiger partial charge in [0.2, 0.25) is 0 Å². The Morgan fingerprint density at radius 2 is 0.900 bits per heavy atom. The SMILES string of the molecule is CCCCCCCCSCCC(=O)OCCOC(=O)CCSCCCCCCCC. The third kappa shape index (κ3) is 23.9. The van der Waals surface area contributed by atoms with Crippen LogP contribution in [0.5, 0.6) is 0 Å². The van der Waals surface area contributed by atoms with Gasteiger partial charge in [0.05, 0.1) is 12.8 Å². The van der Waals surface area contributed by atoms with E-state index in [2.05, 4.69) is 13.8 Å². The van der Waals surface area contributed by atoms with Gasteiger partial charge in [0.1, 0.15) is 13.2 Å². The van der Waals surface area contributed by atoms with Gasteiger partial charge in [-0.1, -0.05) is 78.1 Å². The van der Waals surface area contributed by atoms with Crippen molar-refractivity contribution < 1.29 is 19.1 Å². The van der Waals surface area contributed by atoms with E-state index in [1.54, 1.807) is 0 Å². The Balaban J connectivity index is 3.29. The van der Waals surface area contributed by atoms with E-state index in [1.807, 2.05) is 23.5 Å². The number of ether oxygens (including phenoxy) is 2. The summed E-state index contributed by atoms with van der Waals surface area (Å²) >= 11 is 3.64. The summed E-state index contributed by atoms with van der Waals surface area (Å²) in [7, 11) is 0. The van der Waals surface area contributed by atoms with E-state index >= 15 is 0 Å². The van der Waals surface area contributed by atoms with Gasteiger partial charge in [0, 0.05) is 11.5 Å². The van der Waals surface area contributed by atoms with Crippen LogP contribution in [0.25, 0.3) is 0 Å². The second-order valence-electron chi connectivity index (χ2n) is 7.70. The van der Waals surface area contributed by atoms with Crippen LogP contribution in [0.3, 0.4) is 0 Å². The van der Waals surface area contributed by atoms with Crippen molar-refractivity contribution >= 4 is 35.5 Å². The van der Waals surface area contributed by atoms with Gasteiger partial charge in [-0.3, -0.25) is 9.59 Å². The Labute approximate surface area is 194 Å². The van der Waals surface area contributed by atoms with Crippen LogP contribution in [0.1, 0.15) is 104 Å². The molecule has 0 aliphatic heterocycles. The lowest BCUT2D eigenvalue weighted by atomic mass is 10.1. The van der Waals surface area contributed by atoms with E-state index < -0.39 is 0 Å². The number of carbonyl (C=O) groups is 2. The molecule has 0 saturated carbocycles. The summed E-state index contributed by atoms with van der Waals surface area (Å²) in [5.41, 5.74) is 0. The Kier molecular flexibility index (Phi) is 24.6. The van der Waals surface area contributed by atoms with Gasteiger partial charge in [-0.05, 0) is 24.3 Å². The van der Waals surface area contributed by atoms with E-state index in [4.69, 9.17) is 9.47 Å². The summed E-state index contributed by atoms with van der Waals surface area (Å²) in [5.74, 6) is 3.46. The van der Waals surface area contributed by atoms with Crippen molar-refractivity contribution in [2.45, 2.75) is 104 Å². The molecule has 0 aliphatic rings. The van der Waals surface area contributed by atoms with E-state index in [0.717, 1.165) is 23.0 Å². The molecular weight excluding hydrogens is 416 g/mol. The fourth-order valence-corrected chi connectivity index (χ4v) is 4.79. The van der Waals surface area contributed by atoms with Crippen LogP contribution in [0.2, 0.25) is 0 Å². The Morgan fingerprint density at radius 1 is 0.533 bits per heavy atom. The highest BCUT2D eigenvalue weighted by Crippen LogP contribution is 2.12. The molecule has 0 unspecified atom stereocenters. The second kappa shape index (κ2) is 24.9. The molecule has 6 heteroatoms. The van der Waals surface area contributed by atoms with Gasteiger partial charge >= 0.3 is 11.9 Å². The van der Waals surface area contributed by atoms with Crippen LogP contribution in [0.4, 0.5) is 0 Å². The zero-order valence-corrected chi connectivity index (χ0v) is 21.2. The molecule has 0 atom stereocenters. The predicted molar refractivity (Wildman–Crippen MR) is 133 cm³/mol. The fourth-order valence-electron chi connectivity index (χ4n) is 2.94. The summed E-state index contributed by atoms with van der Waals surface area (Å²) in [5, 5.41) is 0. The first-order valence-corrected chi connectivity index (χ1v) is 14.5. The predicted octanol–water partition coefficient (Wildman–Crippen LogP) is 7.04. The average molecular weight is 463 g/mol. The minimum atomic E-state index is -0.198. The number of hydrogen-bond acceptors (Lipinski definition) is 6. The lowest BCUT2D eigenvalue weighted by Crippen LogP contribution is -2.14. The molecular formula is C24H46O4S2. The number of esters is 2. The molecule has 0 aromatic carbocycles. The molecule has 0 aromatic rings. The lowest BCUT2D eigenvalue weighted by molar-refractivity contribution is -0.151. The molecule has 0 aliphatic carbocycles. The van der Waals surface area contributed by atoms with Crippen molar-refractivity contribution in [1.82, 2.24) is 0 Å². The highest BCUT2D eigenvalue weighted by atomic mass is 32.2. The van der Waals surface area contributed by atoms with Crippen molar-refractivity contribution in [3.8, 4) is 0 Å². The molecule has 0 bridgehead atoms. The molecule has 0 saturated heterocycles. The van der Waals surface area contributed by atoms with E-state index in [0.29, 0.717) is 12.8 Å². The van der Waals surface area contributed by atoms with Crippen LogP contribution >= 0.6 is 23.5 Å². The largest absolute Gasteiger partial charge is 0.462 e. The summed E-state index contributed by atoms with van der Waals surface area (Å²) in [6.45, 7) is 4.79. The van der Waals surface area contributed by atoms with Crippen molar-refractivity contribution in [3.05, 3.63) is 0 Å². The van der Waals surface area contributed by atoms with E-state index in [-0.39, 0.29) is 25.2 Å². The maximum atomic E-state index is 11.7. The third-order valence-electron chi connectivity index (χ3n) is 4.79. The minimum Gasteiger partial charge on any atom is -0.462 e. The summed E-state index contributed by atoms with van der Waals surface area (Å²) in [6.07, 6.45) is 16.5. The zero-order valence-electron chi connectivity index (χ0n) is 19.6. The fraction of sp³-hybridized carbons (Fsp3) is 0.917. The van der Waals surface area contributed by atoms with Gasteiger partial charge < -0.3 is 9.47 Å². The highest BCUT2D eigenvalue weighted by molar-refractivity contribution is 7.99. The lowest BCUT2D eigenvalue weighted by Gasteiger charge is -2.07. The van der Waals surface area contributed by atoms with E-state index in [1.165, 1.54) is 77.0 Å². The highest BCUT2D eigenvalue weighted by Gasteiger charge is 2.06. The first kappa shape index (κ1) is 29.6. The molecule has 0 N–H and O–H groups in total. The van der Waals surface area contributed by atoms with Crippen LogP contribution in [-0.4, -0.2) is 48.2 Å². The molecule has 0 fully saturated rings. The Hall–Kier alpha value is -0.360. The third-order valence-corrected chi connectivity index (χ3v) is 6.94. The van der Waals surface area contributed by atoms with Crippen molar-refractivity contribution in [2.75, 3.05) is 36.2 Å². The zero-order chi connectivity index (χ0) is 22.1. The van der Waals surface area contributed by atoms with Gasteiger partial charge in [-0.15, -0.1) is 0 Å². The van der Waals surface area contributed by atoms with Crippen molar-refractivity contribution in [1.29, 1.82) is 0 Å². The summed E-state index contributed by atoms with van der Waals surface area (Å²) in [4.78, 5) is 23.3. The maximum absolute atomic E-state index is 11.7. The Morgan fingerprint density at radius 3 is 1.30 bits per heavy atom. The number of unbranched alkanes of at least 4 members (excludes halogenated alkanes) is 10. The van der Waals surface area contributed by atoms with Crippen molar-refractivity contribution in [2.24, 2.45) is 0 Å². The van der Waals surface area contributed by atoms with Crippen LogP contribution in [0, 0.1) is 0 Å². The normalized spacial score (nSPS) is 10.9. The standard InChI is InChI=1S/C24H46O4S2/c1-3-5-7-9-11-13-19-29-21-15-23(25)27-17-18-28-24(26)16-22-30-20-14-12-10-8-6-4-2/h3-22H2,1-2H3. The number of rotatable bonds is 23. The molecule has 178 valence electrons. The molecule has 30 heavy (non-hydrogen) atoms. The first-order chi connectivity index (χ1) is 14.7. The molecule has 0 radical (unpaired) electrons. The number of hydrogen-bond donors (Lipinski definition) is 0. The minimum absolute atomic E-state index is 0.164.